The van der Waals surface area contributed by atoms with Crippen molar-refractivity contribution in [2.45, 2.75) is 43.8 Å². The first-order valence-electron chi connectivity index (χ1n) is 5.56. The quantitative estimate of drug-likeness (QED) is 0.739. The van der Waals surface area contributed by atoms with Crippen molar-refractivity contribution in [3.05, 3.63) is 12.4 Å². The van der Waals surface area contributed by atoms with Crippen molar-refractivity contribution in [2.75, 3.05) is 6.26 Å². The molecule has 1 aliphatic carbocycles. The maximum Gasteiger partial charge on any atom is 0.155 e. The summed E-state index contributed by atoms with van der Waals surface area (Å²) in [4.78, 5) is 5.22. The Bertz CT molecular complexity index is 342. The van der Waals surface area contributed by atoms with Gasteiger partial charge in [0.2, 0.25) is 0 Å². The Kier molecular flexibility index (Phi) is 3.59. The summed E-state index contributed by atoms with van der Waals surface area (Å²) in [5, 5.41) is 0. The number of hydrogen-bond acceptors (Lipinski definition) is 4. The van der Waals surface area contributed by atoms with E-state index in [4.69, 9.17) is 9.47 Å². The summed E-state index contributed by atoms with van der Waals surface area (Å²) >= 11 is 1.64. The van der Waals surface area contributed by atoms with Gasteiger partial charge < -0.3 is 9.47 Å². The highest BCUT2D eigenvalue weighted by Crippen LogP contribution is 2.38. The first kappa shape index (κ1) is 11.6. The van der Waals surface area contributed by atoms with Crippen molar-refractivity contribution >= 4 is 11.8 Å². The summed E-state index contributed by atoms with van der Waals surface area (Å²) in [7, 11) is 0. The van der Waals surface area contributed by atoms with Crippen LogP contribution in [-0.4, -0.2) is 23.4 Å². The first-order chi connectivity index (χ1) is 7.70. The molecule has 16 heavy (non-hydrogen) atoms. The van der Waals surface area contributed by atoms with E-state index in [-0.39, 0.29) is 6.10 Å². The number of ether oxygens (including phenoxy) is 2. The van der Waals surface area contributed by atoms with Gasteiger partial charge in [0.05, 0.1) is 29.5 Å². The van der Waals surface area contributed by atoms with E-state index in [1.165, 1.54) is 0 Å². The molecule has 1 aliphatic rings. The van der Waals surface area contributed by atoms with Crippen molar-refractivity contribution in [3.8, 4) is 11.5 Å². The van der Waals surface area contributed by atoms with Crippen molar-refractivity contribution in [3.63, 3.8) is 0 Å². The van der Waals surface area contributed by atoms with Gasteiger partial charge in [0, 0.05) is 0 Å². The summed E-state index contributed by atoms with van der Waals surface area (Å²) in [5.74, 6) is 1.67. The van der Waals surface area contributed by atoms with E-state index >= 15 is 0 Å². The zero-order valence-corrected chi connectivity index (χ0v) is 10.7. The number of thioether (sulfide) groups is 1. The molecule has 88 valence electrons. The Morgan fingerprint density at radius 2 is 2.00 bits per heavy atom. The second kappa shape index (κ2) is 4.95. The molecule has 1 aromatic heterocycles. The smallest absolute Gasteiger partial charge is 0.155 e. The lowest BCUT2D eigenvalue weighted by Crippen LogP contribution is -2.08. The third-order valence-corrected chi connectivity index (χ3v) is 3.03. The summed E-state index contributed by atoms with van der Waals surface area (Å²) in [6.45, 7) is 4.02. The van der Waals surface area contributed by atoms with Gasteiger partial charge in [-0.1, -0.05) is 0 Å². The molecular formula is C12H17NO2S. The van der Waals surface area contributed by atoms with Crippen LogP contribution in [-0.2, 0) is 0 Å². The van der Waals surface area contributed by atoms with Crippen LogP contribution in [0.25, 0.3) is 0 Å². The monoisotopic (exact) mass is 239 g/mol. The van der Waals surface area contributed by atoms with Crippen LogP contribution in [0.4, 0.5) is 0 Å². The van der Waals surface area contributed by atoms with Gasteiger partial charge in [-0.2, -0.15) is 0 Å². The normalized spacial score (nSPS) is 15.2. The van der Waals surface area contributed by atoms with Crippen LogP contribution in [0.1, 0.15) is 26.7 Å². The van der Waals surface area contributed by atoms with Gasteiger partial charge in [-0.05, 0) is 32.9 Å². The second-order valence-corrected chi connectivity index (χ2v) is 4.97. The van der Waals surface area contributed by atoms with Gasteiger partial charge in [-0.3, -0.25) is 4.98 Å². The van der Waals surface area contributed by atoms with Crippen LogP contribution in [0.2, 0.25) is 0 Å². The second-order valence-electron chi connectivity index (χ2n) is 4.15. The molecule has 0 spiro atoms. The molecule has 1 heterocycles. The third kappa shape index (κ3) is 2.82. The van der Waals surface area contributed by atoms with Crippen LogP contribution in [0, 0.1) is 0 Å². The molecular weight excluding hydrogens is 222 g/mol. The van der Waals surface area contributed by atoms with Gasteiger partial charge in [0.15, 0.2) is 11.5 Å². The molecule has 0 atom stereocenters. The van der Waals surface area contributed by atoms with Gasteiger partial charge >= 0.3 is 0 Å². The average molecular weight is 239 g/mol. The summed E-state index contributed by atoms with van der Waals surface area (Å²) in [5.41, 5.74) is 0. The lowest BCUT2D eigenvalue weighted by molar-refractivity contribution is 0.229. The maximum absolute atomic E-state index is 5.81. The highest BCUT2D eigenvalue weighted by atomic mass is 32.2. The predicted octanol–water partition coefficient (Wildman–Crippen LogP) is 3.13. The minimum Gasteiger partial charge on any atom is -0.488 e. The topological polar surface area (TPSA) is 31.4 Å². The molecule has 1 fully saturated rings. The van der Waals surface area contributed by atoms with Gasteiger partial charge in [0.1, 0.15) is 0 Å². The van der Waals surface area contributed by atoms with E-state index in [9.17, 15) is 0 Å². The molecule has 0 saturated heterocycles. The fourth-order valence-corrected chi connectivity index (χ4v) is 2.00. The first-order valence-corrected chi connectivity index (χ1v) is 6.78. The third-order valence-electron chi connectivity index (χ3n) is 2.22. The molecule has 1 saturated carbocycles. The van der Waals surface area contributed by atoms with Crippen molar-refractivity contribution in [1.82, 2.24) is 4.98 Å². The highest BCUT2D eigenvalue weighted by molar-refractivity contribution is 7.98. The fraction of sp³-hybridized carbons (Fsp3) is 0.583. The van der Waals surface area contributed by atoms with Gasteiger partial charge in [0.25, 0.3) is 0 Å². The predicted molar refractivity (Wildman–Crippen MR) is 65.4 cm³/mol. The number of hydrogen-bond donors (Lipinski definition) is 0. The number of aromatic nitrogens is 1. The van der Waals surface area contributed by atoms with Crippen molar-refractivity contribution in [1.29, 1.82) is 0 Å². The number of rotatable bonds is 5. The van der Waals surface area contributed by atoms with E-state index in [2.05, 4.69) is 4.98 Å². The zero-order valence-electron chi connectivity index (χ0n) is 9.90. The van der Waals surface area contributed by atoms with Crippen LogP contribution < -0.4 is 9.47 Å². The van der Waals surface area contributed by atoms with Crippen LogP contribution in [0.15, 0.2) is 17.3 Å². The fourth-order valence-electron chi connectivity index (χ4n) is 1.40. The minimum absolute atomic E-state index is 0.156. The molecule has 0 aliphatic heterocycles. The molecule has 2 rings (SSSR count). The molecule has 0 unspecified atom stereocenters. The zero-order chi connectivity index (χ0) is 11.5. The van der Waals surface area contributed by atoms with Crippen LogP contribution in [0.5, 0.6) is 11.5 Å². The van der Waals surface area contributed by atoms with Crippen molar-refractivity contribution in [2.24, 2.45) is 0 Å². The molecule has 0 bridgehead atoms. The lowest BCUT2D eigenvalue weighted by atomic mass is 10.4. The molecule has 4 heteroatoms. The molecule has 1 aromatic rings. The maximum atomic E-state index is 5.81. The Balaban J connectivity index is 2.21. The molecule has 0 aromatic carbocycles. The van der Waals surface area contributed by atoms with E-state index < -0.39 is 0 Å². The minimum atomic E-state index is 0.156. The Labute approximate surface area is 101 Å². The highest BCUT2D eigenvalue weighted by Gasteiger charge is 2.25. The standard InChI is InChI=1S/C12H17NO2S/c1-8(2)14-10-6-13-7-11(12(10)16-3)15-9-4-5-9/h6-9H,4-5H2,1-3H3. The van der Waals surface area contributed by atoms with Crippen LogP contribution in [0.3, 0.4) is 0 Å². The molecule has 0 amide bonds. The average Bonchev–Trinajstić information content (AvgIpc) is 3.01. The SMILES string of the molecule is CSc1c(OC(C)C)cncc1OC1CC1. The summed E-state index contributed by atoms with van der Waals surface area (Å²) in [6.07, 6.45) is 8.42. The molecule has 0 N–H and O–H groups in total. The Morgan fingerprint density at radius 1 is 1.31 bits per heavy atom. The van der Waals surface area contributed by atoms with Crippen molar-refractivity contribution < 1.29 is 9.47 Å². The van der Waals surface area contributed by atoms with E-state index in [0.717, 1.165) is 29.2 Å². The van der Waals surface area contributed by atoms with E-state index in [1.54, 1.807) is 24.2 Å². The van der Waals surface area contributed by atoms with E-state index in [0.29, 0.717) is 6.10 Å². The Morgan fingerprint density at radius 3 is 2.56 bits per heavy atom. The summed E-state index contributed by atoms with van der Waals surface area (Å²) in [6, 6.07) is 0. The lowest BCUT2D eigenvalue weighted by Gasteiger charge is -2.15. The van der Waals surface area contributed by atoms with E-state index in [1.807, 2.05) is 20.1 Å². The largest absolute Gasteiger partial charge is 0.488 e. The number of nitrogens with zero attached hydrogens (tertiary/aromatic N) is 1. The Hall–Kier alpha value is -0.900. The van der Waals surface area contributed by atoms with Gasteiger partial charge in [-0.15, -0.1) is 11.8 Å². The molecule has 0 radical (unpaired) electrons. The number of pyridine rings is 1. The molecule has 3 nitrogen and oxygen atoms in total. The van der Waals surface area contributed by atoms with Crippen LogP contribution >= 0.6 is 11.8 Å². The van der Waals surface area contributed by atoms with Gasteiger partial charge in [-0.25, -0.2) is 0 Å². The summed E-state index contributed by atoms with van der Waals surface area (Å²) < 4.78 is 11.5.